The maximum absolute atomic E-state index is 9.47. The quantitative estimate of drug-likeness (QED) is 0.838. The van der Waals surface area contributed by atoms with Crippen LogP contribution in [0.5, 0.6) is 0 Å². The maximum atomic E-state index is 9.47. The second kappa shape index (κ2) is 5.58. The first kappa shape index (κ1) is 14.1. The van der Waals surface area contributed by atoms with E-state index in [4.69, 9.17) is 0 Å². The van der Waals surface area contributed by atoms with E-state index in [1.807, 2.05) is 30.3 Å². The molecule has 1 aliphatic carbocycles. The van der Waals surface area contributed by atoms with E-state index in [0.29, 0.717) is 5.46 Å². The summed E-state index contributed by atoms with van der Waals surface area (Å²) in [5.41, 5.74) is 6.23. The van der Waals surface area contributed by atoms with Gasteiger partial charge < -0.3 is 14.9 Å². The van der Waals surface area contributed by atoms with Gasteiger partial charge in [0, 0.05) is 23.4 Å². The van der Waals surface area contributed by atoms with E-state index in [9.17, 15) is 10.0 Å². The van der Waals surface area contributed by atoms with E-state index in [-0.39, 0.29) is 0 Å². The number of anilines is 2. The molecule has 112 valence electrons. The predicted molar refractivity (Wildman–Crippen MR) is 94.7 cm³/mol. The fourth-order valence-electron chi connectivity index (χ4n) is 3.21. The summed E-state index contributed by atoms with van der Waals surface area (Å²) in [6, 6.07) is 15.7. The zero-order chi connectivity index (χ0) is 15.8. The highest BCUT2D eigenvalue weighted by molar-refractivity contribution is 6.58. The Bertz CT molecular complexity index is 852. The van der Waals surface area contributed by atoms with Crippen LogP contribution in [0.3, 0.4) is 0 Å². The van der Waals surface area contributed by atoms with Crippen molar-refractivity contribution in [2.75, 3.05) is 4.90 Å². The Kier molecular flexibility index (Phi) is 3.41. The van der Waals surface area contributed by atoms with Crippen LogP contribution in [0.25, 0.3) is 5.57 Å². The van der Waals surface area contributed by atoms with E-state index in [2.05, 4.69) is 41.3 Å². The second-order valence-electron chi connectivity index (χ2n) is 5.73. The highest BCUT2D eigenvalue weighted by Gasteiger charge is 2.26. The van der Waals surface area contributed by atoms with Gasteiger partial charge in [-0.1, -0.05) is 48.6 Å². The van der Waals surface area contributed by atoms with Crippen molar-refractivity contribution < 1.29 is 10.0 Å². The molecular weight excluding hydrogens is 285 g/mol. The summed E-state index contributed by atoms with van der Waals surface area (Å²) in [6.45, 7) is 0. The fraction of sp³-hybridized carbons (Fsp3) is 0.0526. The average Bonchev–Trinajstić information content (AvgIpc) is 2.79. The molecule has 3 nitrogen and oxygen atoms in total. The van der Waals surface area contributed by atoms with Crippen LogP contribution in [0.1, 0.15) is 12.0 Å². The Morgan fingerprint density at radius 3 is 2.61 bits per heavy atom. The Hall–Kier alpha value is -2.56. The van der Waals surface area contributed by atoms with Crippen LogP contribution in [-0.2, 0) is 0 Å². The smallest absolute Gasteiger partial charge is 0.423 e. The highest BCUT2D eigenvalue weighted by Crippen LogP contribution is 2.44. The number of hydrogen-bond acceptors (Lipinski definition) is 3. The highest BCUT2D eigenvalue weighted by atomic mass is 16.4. The molecular formula is C19H16BNO2. The molecule has 0 fully saturated rings. The molecule has 2 aromatic carbocycles. The van der Waals surface area contributed by atoms with Crippen LogP contribution in [0.15, 0.2) is 78.5 Å². The first-order valence-corrected chi connectivity index (χ1v) is 7.66. The zero-order valence-corrected chi connectivity index (χ0v) is 12.6. The minimum absolute atomic E-state index is 0.492. The molecule has 0 atom stereocenters. The molecule has 0 radical (unpaired) electrons. The number of fused-ring (bicyclic) bond motifs is 4. The van der Waals surface area contributed by atoms with Crippen LogP contribution < -0.4 is 10.4 Å². The molecule has 4 rings (SSSR count). The Balaban J connectivity index is 1.92. The van der Waals surface area contributed by atoms with Gasteiger partial charge in [-0.3, -0.25) is 0 Å². The van der Waals surface area contributed by atoms with Crippen molar-refractivity contribution in [2.24, 2.45) is 0 Å². The molecule has 0 amide bonds. The van der Waals surface area contributed by atoms with Crippen molar-refractivity contribution >= 4 is 29.5 Å². The van der Waals surface area contributed by atoms with E-state index < -0.39 is 7.12 Å². The molecule has 0 unspecified atom stereocenters. The summed E-state index contributed by atoms with van der Waals surface area (Å²) in [6.07, 6.45) is 9.24. The second-order valence-corrected chi connectivity index (χ2v) is 5.73. The average molecular weight is 301 g/mol. The minimum Gasteiger partial charge on any atom is -0.423 e. The number of allylic oxidation sites excluding steroid dienone is 5. The first-order valence-electron chi connectivity index (χ1n) is 7.66. The lowest BCUT2D eigenvalue weighted by atomic mass is 9.80. The van der Waals surface area contributed by atoms with Gasteiger partial charge in [0.05, 0.1) is 5.69 Å². The summed E-state index contributed by atoms with van der Waals surface area (Å²) in [5, 5.41) is 18.9. The third kappa shape index (κ3) is 2.42. The Labute approximate surface area is 135 Å². The van der Waals surface area contributed by atoms with Gasteiger partial charge in [-0.25, -0.2) is 0 Å². The van der Waals surface area contributed by atoms with Crippen molar-refractivity contribution in [3.05, 3.63) is 84.1 Å². The van der Waals surface area contributed by atoms with Crippen molar-refractivity contribution in [1.82, 2.24) is 0 Å². The third-order valence-corrected chi connectivity index (χ3v) is 4.27. The number of benzene rings is 2. The van der Waals surface area contributed by atoms with Gasteiger partial charge in [0.25, 0.3) is 0 Å². The molecule has 2 N–H and O–H groups in total. The summed E-state index contributed by atoms with van der Waals surface area (Å²) in [7, 11) is -1.46. The van der Waals surface area contributed by atoms with Crippen molar-refractivity contribution in [3.8, 4) is 0 Å². The van der Waals surface area contributed by atoms with Gasteiger partial charge >= 0.3 is 7.12 Å². The van der Waals surface area contributed by atoms with Gasteiger partial charge in [0.1, 0.15) is 0 Å². The van der Waals surface area contributed by atoms with Crippen LogP contribution in [-0.4, -0.2) is 17.2 Å². The monoisotopic (exact) mass is 301 g/mol. The number of rotatable bonds is 2. The van der Waals surface area contributed by atoms with E-state index in [0.717, 1.165) is 17.8 Å². The van der Waals surface area contributed by atoms with E-state index in [1.54, 1.807) is 6.07 Å². The van der Waals surface area contributed by atoms with Gasteiger partial charge in [-0.15, -0.1) is 0 Å². The minimum atomic E-state index is -1.46. The van der Waals surface area contributed by atoms with E-state index >= 15 is 0 Å². The van der Waals surface area contributed by atoms with Crippen molar-refractivity contribution in [2.45, 2.75) is 6.42 Å². The summed E-state index contributed by atoms with van der Waals surface area (Å²) < 4.78 is 0. The maximum Gasteiger partial charge on any atom is 0.488 e. The predicted octanol–water partition coefficient (Wildman–Crippen LogP) is 2.75. The molecule has 0 aromatic heterocycles. The SMILES string of the molecule is OB(O)c1cccc(N2C3=CC=CC=C(C3)c3ccccc32)c1. The molecule has 0 spiro atoms. The molecule has 4 heteroatoms. The number of nitrogens with zero attached hydrogens (tertiary/aromatic N) is 1. The third-order valence-electron chi connectivity index (χ3n) is 4.27. The summed E-state index contributed by atoms with van der Waals surface area (Å²) >= 11 is 0. The lowest BCUT2D eigenvalue weighted by molar-refractivity contribution is 0.426. The zero-order valence-electron chi connectivity index (χ0n) is 12.6. The van der Waals surface area contributed by atoms with Gasteiger partial charge in [0.15, 0.2) is 0 Å². The molecule has 2 bridgehead atoms. The largest absolute Gasteiger partial charge is 0.488 e. The van der Waals surface area contributed by atoms with Crippen LogP contribution >= 0.6 is 0 Å². The van der Waals surface area contributed by atoms with Crippen LogP contribution in [0.4, 0.5) is 11.4 Å². The van der Waals surface area contributed by atoms with Crippen LogP contribution in [0, 0.1) is 0 Å². The molecule has 23 heavy (non-hydrogen) atoms. The molecule has 1 aliphatic heterocycles. The lowest BCUT2D eigenvalue weighted by Crippen LogP contribution is -2.31. The standard InChI is InChI=1S/C19H16BNO2/c22-20(23)15-7-5-9-17(13-15)21-16-8-2-1-6-14(12-16)18-10-3-4-11-19(18)21/h1-11,13,22-23H,12H2. The van der Waals surface area contributed by atoms with Crippen molar-refractivity contribution in [1.29, 1.82) is 0 Å². The molecule has 0 saturated carbocycles. The van der Waals surface area contributed by atoms with Gasteiger partial charge in [-0.2, -0.15) is 0 Å². The summed E-state index contributed by atoms with van der Waals surface area (Å²) in [5.74, 6) is 0. The van der Waals surface area contributed by atoms with Gasteiger partial charge in [0.2, 0.25) is 0 Å². The van der Waals surface area contributed by atoms with Crippen molar-refractivity contribution in [3.63, 3.8) is 0 Å². The lowest BCUT2D eigenvalue weighted by Gasteiger charge is -2.35. The molecule has 0 saturated heterocycles. The Morgan fingerprint density at radius 1 is 0.913 bits per heavy atom. The fourth-order valence-corrected chi connectivity index (χ4v) is 3.21. The van der Waals surface area contributed by atoms with E-state index in [1.165, 1.54) is 16.8 Å². The van der Waals surface area contributed by atoms with Crippen LogP contribution in [0.2, 0.25) is 0 Å². The van der Waals surface area contributed by atoms with Gasteiger partial charge in [-0.05, 0) is 35.3 Å². The normalized spacial score (nSPS) is 15.5. The summed E-state index contributed by atoms with van der Waals surface area (Å²) in [4.78, 5) is 2.19. The molecule has 1 heterocycles. The number of hydrogen-bond donors (Lipinski definition) is 2. The molecule has 2 aliphatic rings. The number of para-hydroxylation sites is 1. The Morgan fingerprint density at radius 2 is 1.74 bits per heavy atom. The molecule has 2 aromatic rings. The topological polar surface area (TPSA) is 43.7 Å². The first-order chi connectivity index (χ1) is 11.2.